The maximum absolute atomic E-state index is 12.3. The lowest BCUT2D eigenvalue weighted by atomic mass is 10.2. The molecule has 142 valence electrons. The second-order valence-corrected chi connectivity index (χ2v) is 7.44. The summed E-state index contributed by atoms with van der Waals surface area (Å²) in [7, 11) is 0. The summed E-state index contributed by atoms with van der Waals surface area (Å²) in [4.78, 5) is 12.3. The van der Waals surface area contributed by atoms with Crippen LogP contribution in [0, 0.1) is 13.8 Å². The predicted octanol–water partition coefficient (Wildman–Crippen LogP) is 4.73. The number of hydrogen-bond donors (Lipinski definition) is 1. The lowest BCUT2D eigenvalue weighted by Gasteiger charge is -2.09. The average Bonchev–Trinajstić information content (AvgIpc) is 3.14. The van der Waals surface area contributed by atoms with Gasteiger partial charge in [0.15, 0.2) is 0 Å². The molecule has 2 aromatic heterocycles. The van der Waals surface area contributed by atoms with Crippen molar-refractivity contribution in [3.8, 4) is 0 Å². The highest BCUT2D eigenvalue weighted by atomic mass is 35.5. The van der Waals surface area contributed by atoms with Gasteiger partial charge in [-0.25, -0.2) is 0 Å². The van der Waals surface area contributed by atoms with E-state index in [9.17, 15) is 4.79 Å². The Morgan fingerprint density at radius 3 is 2.63 bits per heavy atom. The first kappa shape index (κ1) is 19.7. The molecule has 0 aliphatic rings. The Hall–Kier alpha value is -2.02. The Balaban J connectivity index is 1.68. The fraction of sp³-hybridized carbons (Fsp3) is 0.278. The van der Waals surface area contributed by atoms with Gasteiger partial charge in [0.05, 0.1) is 34.8 Å². The van der Waals surface area contributed by atoms with Crippen LogP contribution in [0.25, 0.3) is 0 Å². The standard InChI is InChI=1S/C18H18Cl3N5O/c1-11-18(23-17(27)5-6-25-10-15(20)8-22-25)12(2)26(24-11)9-13-3-4-14(19)7-16(13)21/h3-4,7-8,10H,5-6,9H2,1-2H3,(H,23,27). The van der Waals surface area contributed by atoms with E-state index in [0.717, 1.165) is 17.0 Å². The fourth-order valence-corrected chi connectivity index (χ4v) is 3.35. The third-order valence-corrected chi connectivity index (χ3v) is 4.93. The van der Waals surface area contributed by atoms with Gasteiger partial charge in [0.1, 0.15) is 0 Å². The summed E-state index contributed by atoms with van der Waals surface area (Å²) < 4.78 is 3.45. The minimum Gasteiger partial charge on any atom is -0.323 e. The van der Waals surface area contributed by atoms with Gasteiger partial charge < -0.3 is 5.32 Å². The highest BCUT2D eigenvalue weighted by Gasteiger charge is 2.15. The molecule has 3 aromatic rings. The molecule has 0 atom stereocenters. The quantitative estimate of drug-likeness (QED) is 0.619. The van der Waals surface area contributed by atoms with Crippen LogP contribution in [0.2, 0.25) is 15.1 Å². The van der Waals surface area contributed by atoms with Crippen molar-refractivity contribution in [1.29, 1.82) is 0 Å². The van der Waals surface area contributed by atoms with Crippen molar-refractivity contribution in [3.63, 3.8) is 0 Å². The number of halogens is 3. The number of nitrogens with zero attached hydrogens (tertiary/aromatic N) is 4. The summed E-state index contributed by atoms with van der Waals surface area (Å²) in [6, 6.07) is 5.36. The summed E-state index contributed by atoms with van der Waals surface area (Å²) >= 11 is 18.0. The molecule has 27 heavy (non-hydrogen) atoms. The van der Waals surface area contributed by atoms with Crippen molar-refractivity contribution >= 4 is 46.4 Å². The van der Waals surface area contributed by atoms with Crippen LogP contribution >= 0.6 is 34.8 Å². The van der Waals surface area contributed by atoms with Gasteiger partial charge >= 0.3 is 0 Å². The lowest BCUT2D eigenvalue weighted by Crippen LogP contribution is -2.15. The minimum absolute atomic E-state index is 0.114. The van der Waals surface area contributed by atoms with Gasteiger partial charge in [-0.3, -0.25) is 14.2 Å². The Morgan fingerprint density at radius 2 is 1.96 bits per heavy atom. The zero-order valence-corrected chi connectivity index (χ0v) is 17.1. The van der Waals surface area contributed by atoms with Crippen LogP contribution in [0.5, 0.6) is 0 Å². The zero-order chi connectivity index (χ0) is 19.6. The molecule has 0 fully saturated rings. The van der Waals surface area contributed by atoms with Crippen LogP contribution in [0.4, 0.5) is 5.69 Å². The van der Waals surface area contributed by atoms with E-state index in [1.165, 1.54) is 0 Å². The number of anilines is 1. The molecular formula is C18H18Cl3N5O. The largest absolute Gasteiger partial charge is 0.323 e. The van der Waals surface area contributed by atoms with Gasteiger partial charge in [0.2, 0.25) is 5.91 Å². The molecule has 0 bridgehead atoms. The van der Waals surface area contributed by atoms with E-state index >= 15 is 0 Å². The monoisotopic (exact) mass is 425 g/mol. The van der Waals surface area contributed by atoms with Crippen molar-refractivity contribution in [2.45, 2.75) is 33.4 Å². The van der Waals surface area contributed by atoms with Gasteiger partial charge in [0, 0.05) is 29.2 Å². The van der Waals surface area contributed by atoms with Crippen LogP contribution in [0.3, 0.4) is 0 Å². The topological polar surface area (TPSA) is 64.7 Å². The molecule has 3 rings (SSSR count). The van der Waals surface area contributed by atoms with E-state index in [2.05, 4.69) is 15.5 Å². The maximum Gasteiger partial charge on any atom is 0.226 e. The first-order valence-electron chi connectivity index (χ1n) is 8.29. The number of aromatic nitrogens is 4. The molecule has 0 saturated carbocycles. The highest BCUT2D eigenvalue weighted by molar-refractivity contribution is 6.35. The Morgan fingerprint density at radius 1 is 1.19 bits per heavy atom. The number of carbonyl (C=O) groups excluding carboxylic acids is 1. The molecule has 1 amide bonds. The Labute approximate surface area is 172 Å². The Bertz CT molecular complexity index is 980. The molecule has 1 aromatic carbocycles. The number of benzene rings is 1. The number of nitrogens with one attached hydrogen (secondary N) is 1. The summed E-state index contributed by atoms with van der Waals surface area (Å²) in [5, 5.41) is 13.2. The van der Waals surface area contributed by atoms with Crippen molar-refractivity contribution in [2.75, 3.05) is 5.32 Å². The van der Waals surface area contributed by atoms with Crippen molar-refractivity contribution in [1.82, 2.24) is 19.6 Å². The van der Waals surface area contributed by atoms with Crippen LogP contribution in [0.15, 0.2) is 30.6 Å². The predicted molar refractivity (Wildman–Crippen MR) is 108 cm³/mol. The lowest BCUT2D eigenvalue weighted by molar-refractivity contribution is -0.116. The molecule has 0 radical (unpaired) electrons. The number of carbonyl (C=O) groups is 1. The van der Waals surface area contributed by atoms with Gasteiger partial charge in [-0.15, -0.1) is 0 Å². The van der Waals surface area contributed by atoms with E-state index in [-0.39, 0.29) is 12.3 Å². The van der Waals surface area contributed by atoms with Crippen LogP contribution in [-0.4, -0.2) is 25.5 Å². The van der Waals surface area contributed by atoms with E-state index in [1.807, 2.05) is 24.6 Å². The SMILES string of the molecule is Cc1nn(Cc2ccc(Cl)cc2Cl)c(C)c1NC(=O)CCn1cc(Cl)cn1. The highest BCUT2D eigenvalue weighted by Crippen LogP contribution is 2.25. The number of rotatable bonds is 6. The third-order valence-electron chi connectivity index (χ3n) is 4.15. The molecular weight excluding hydrogens is 409 g/mol. The van der Waals surface area contributed by atoms with Crippen LogP contribution in [-0.2, 0) is 17.9 Å². The average molecular weight is 427 g/mol. The van der Waals surface area contributed by atoms with Crippen molar-refractivity contribution in [2.24, 2.45) is 0 Å². The molecule has 0 spiro atoms. The van der Waals surface area contributed by atoms with Gasteiger partial charge in [-0.2, -0.15) is 10.2 Å². The molecule has 2 heterocycles. The summed E-state index contributed by atoms with van der Waals surface area (Å²) in [6.45, 7) is 4.71. The first-order valence-corrected chi connectivity index (χ1v) is 9.42. The molecule has 6 nitrogen and oxygen atoms in total. The van der Waals surface area contributed by atoms with Gasteiger partial charge in [0.25, 0.3) is 0 Å². The summed E-state index contributed by atoms with van der Waals surface area (Å²) in [5.74, 6) is -0.114. The van der Waals surface area contributed by atoms with E-state index in [4.69, 9.17) is 34.8 Å². The summed E-state index contributed by atoms with van der Waals surface area (Å²) in [5.41, 5.74) is 3.21. The summed E-state index contributed by atoms with van der Waals surface area (Å²) in [6.07, 6.45) is 3.50. The van der Waals surface area contributed by atoms with E-state index in [0.29, 0.717) is 33.8 Å². The maximum atomic E-state index is 12.3. The smallest absolute Gasteiger partial charge is 0.226 e. The van der Waals surface area contributed by atoms with Crippen LogP contribution < -0.4 is 5.32 Å². The number of hydrogen-bond acceptors (Lipinski definition) is 3. The second-order valence-electron chi connectivity index (χ2n) is 6.16. The number of amides is 1. The third kappa shape index (κ3) is 4.83. The molecule has 0 aliphatic carbocycles. The zero-order valence-electron chi connectivity index (χ0n) is 14.8. The number of aryl methyl sites for hydroxylation is 2. The molecule has 0 aliphatic heterocycles. The Kier molecular flexibility index (Phi) is 6.09. The normalized spacial score (nSPS) is 11.0. The molecule has 0 saturated heterocycles. The van der Waals surface area contributed by atoms with Crippen LogP contribution in [0.1, 0.15) is 23.4 Å². The molecule has 9 heteroatoms. The minimum atomic E-state index is -0.114. The van der Waals surface area contributed by atoms with E-state index < -0.39 is 0 Å². The van der Waals surface area contributed by atoms with Gasteiger partial charge in [-0.05, 0) is 31.5 Å². The van der Waals surface area contributed by atoms with Crippen molar-refractivity contribution in [3.05, 3.63) is 62.6 Å². The van der Waals surface area contributed by atoms with Crippen molar-refractivity contribution < 1.29 is 4.79 Å². The molecule has 0 unspecified atom stereocenters. The van der Waals surface area contributed by atoms with Gasteiger partial charge in [-0.1, -0.05) is 40.9 Å². The molecule has 1 N–H and O–H groups in total. The fourth-order valence-electron chi connectivity index (χ4n) is 2.72. The second kappa shape index (κ2) is 8.33. The first-order chi connectivity index (χ1) is 12.8. The van der Waals surface area contributed by atoms with E-state index in [1.54, 1.807) is 29.2 Å².